The Bertz CT molecular complexity index is 946. The van der Waals surface area contributed by atoms with Crippen LogP contribution in [0.4, 0.5) is 0 Å². The highest BCUT2D eigenvalue weighted by atomic mass is 16.5. The van der Waals surface area contributed by atoms with Crippen molar-refractivity contribution < 1.29 is 14.6 Å². The number of carbonyl (C=O) groups is 1. The summed E-state index contributed by atoms with van der Waals surface area (Å²) >= 11 is 0. The lowest BCUT2D eigenvalue weighted by Gasteiger charge is -2.20. The molecule has 1 N–H and O–H groups in total. The number of phenols is 1. The predicted molar refractivity (Wildman–Crippen MR) is 100 cm³/mol. The molecular formula is C21H19N3O3. The van der Waals surface area contributed by atoms with Gasteiger partial charge in [-0.25, -0.2) is 0 Å². The predicted octanol–water partition coefficient (Wildman–Crippen LogP) is 2.81. The molecule has 3 heterocycles. The zero-order valence-corrected chi connectivity index (χ0v) is 14.7. The van der Waals surface area contributed by atoms with Gasteiger partial charge < -0.3 is 14.7 Å². The fourth-order valence-corrected chi connectivity index (χ4v) is 3.18. The maximum atomic E-state index is 12.7. The van der Waals surface area contributed by atoms with Crippen LogP contribution < -0.4 is 4.74 Å². The smallest absolute Gasteiger partial charge is 0.229 e. The zero-order valence-electron chi connectivity index (χ0n) is 14.7. The molecule has 136 valence electrons. The molecule has 0 saturated carbocycles. The average Bonchev–Trinajstić information content (AvgIpc) is 2.92. The van der Waals surface area contributed by atoms with E-state index >= 15 is 0 Å². The first-order valence-corrected chi connectivity index (χ1v) is 8.77. The third-order valence-corrected chi connectivity index (χ3v) is 4.52. The van der Waals surface area contributed by atoms with Crippen molar-refractivity contribution >= 4 is 5.91 Å². The van der Waals surface area contributed by atoms with Gasteiger partial charge in [0, 0.05) is 42.0 Å². The van der Waals surface area contributed by atoms with Gasteiger partial charge in [-0.05, 0) is 35.9 Å². The van der Waals surface area contributed by atoms with Crippen molar-refractivity contribution in [3.8, 4) is 22.6 Å². The monoisotopic (exact) mass is 361 g/mol. The first-order chi connectivity index (χ1) is 13.2. The van der Waals surface area contributed by atoms with E-state index in [1.165, 1.54) is 0 Å². The molecule has 0 bridgehead atoms. The van der Waals surface area contributed by atoms with Gasteiger partial charge in [-0.15, -0.1) is 0 Å². The van der Waals surface area contributed by atoms with Crippen LogP contribution in [0.1, 0.15) is 11.3 Å². The number of aromatic hydroxyl groups is 1. The van der Waals surface area contributed by atoms with Crippen LogP contribution in [-0.2, 0) is 17.8 Å². The minimum atomic E-state index is -0.0172. The highest BCUT2D eigenvalue weighted by Crippen LogP contribution is 2.37. The van der Waals surface area contributed by atoms with E-state index in [0.717, 1.165) is 22.4 Å². The maximum absolute atomic E-state index is 12.7. The number of phenolic OH excluding ortho intramolecular Hbond substituents is 1. The Morgan fingerprint density at radius 1 is 1.15 bits per heavy atom. The van der Waals surface area contributed by atoms with Crippen molar-refractivity contribution in [1.82, 2.24) is 14.9 Å². The number of hydrogen-bond donors (Lipinski definition) is 1. The number of pyridine rings is 2. The summed E-state index contributed by atoms with van der Waals surface area (Å²) in [5, 5.41) is 10.4. The van der Waals surface area contributed by atoms with Crippen molar-refractivity contribution in [1.29, 1.82) is 0 Å². The van der Waals surface area contributed by atoms with Crippen LogP contribution in [0.15, 0.2) is 61.1 Å². The zero-order chi connectivity index (χ0) is 18.6. The Kier molecular flexibility index (Phi) is 4.70. The Labute approximate surface area is 157 Å². The average molecular weight is 361 g/mol. The molecule has 0 saturated heterocycles. The number of benzene rings is 1. The van der Waals surface area contributed by atoms with Crippen LogP contribution in [0.3, 0.4) is 0 Å². The van der Waals surface area contributed by atoms with Gasteiger partial charge in [0.1, 0.15) is 6.61 Å². The van der Waals surface area contributed by atoms with Crippen LogP contribution >= 0.6 is 0 Å². The van der Waals surface area contributed by atoms with E-state index in [-0.39, 0.29) is 18.1 Å². The summed E-state index contributed by atoms with van der Waals surface area (Å²) in [5.41, 5.74) is 3.24. The van der Waals surface area contributed by atoms with Crippen LogP contribution in [0.5, 0.6) is 11.5 Å². The second kappa shape index (κ2) is 7.45. The van der Waals surface area contributed by atoms with E-state index in [4.69, 9.17) is 4.74 Å². The van der Waals surface area contributed by atoms with Gasteiger partial charge in [-0.1, -0.05) is 12.1 Å². The number of amides is 1. The fourth-order valence-electron chi connectivity index (χ4n) is 3.18. The van der Waals surface area contributed by atoms with Crippen molar-refractivity contribution in [2.75, 3.05) is 13.2 Å². The molecule has 1 aliphatic heterocycles. The molecule has 1 aromatic carbocycles. The van der Waals surface area contributed by atoms with E-state index in [1.54, 1.807) is 29.6 Å². The lowest BCUT2D eigenvalue weighted by atomic mass is 10.0. The van der Waals surface area contributed by atoms with E-state index in [2.05, 4.69) is 9.97 Å². The minimum Gasteiger partial charge on any atom is -0.504 e. The van der Waals surface area contributed by atoms with Gasteiger partial charge in [0.05, 0.1) is 13.0 Å². The standard InChI is InChI=1S/C21H19N3O3/c25-19-11-16(15-4-3-6-22-13-15)10-17-14-24(8-9-27-21(17)19)20(26)12-18-5-1-2-7-23-18/h1-7,10-11,13,25H,8-9,12,14H2. The number of aromatic nitrogens is 2. The molecule has 0 aliphatic carbocycles. The molecule has 0 fully saturated rings. The molecule has 6 nitrogen and oxygen atoms in total. The molecule has 27 heavy (non-hydrogen) atoms. The van der Waals surface area contributed by atoms with Crippen molar-refractivity contribution in [2.24, 2.45) is 0 Å². The minimum absolute atomic E-state index is 0.0172. The largest absolute Gasteiger partial charge is 0.504 e. The second-order valence-electron chi connectivity index (χ2n) is 6.39. The van der Waals surface area contributed by atoms with E-state index in [1.807, 2.05) is 36.4 Å². The molecule has 0 atom stereocenters. The third kappa shape index (κ3) is 3.74. The van der Waals surface area contributed by atoms with E-state index < -0.39 is 0 Å². The Morgan fingerprint density at radius 3 is 2.85 bits per heavy atom. The normalized spacial score (nSPS) is 13.4. The van der Waals surface area contributed by atoms with Gasteiger partial charge in [0.25, 0.3) is 0 Å². The van der Waals surface area contributed by atoms with Gasteiger partial charge >= 0.3 is 0 Å². The summed E-state index contributed by atoms with van der Waals surface area (Å²) in [7, 11) is 0. The summed E-state index contributed by atoms with van der Waals surface area (Å²) in [6, 6.07) is 12.9. The molecule has 3 aromatic rings. The summed E-state index contributed by atoms with van der Waals surface area (Å²) < 4.78 is 5.73. The first kappa shape index (κ1) is 17.0. The summed E-state index contributed by atoms with van der Waals surface area (Å²) in [4.78, 5) is 22.8. The lowest BCUT2D eigenvalue weighted by molar-refractivity contribution is -0.131. The number of carbonyl (C=O) groups excluding carboxylic acids is 1. The van der Waals surface area contributed by atoms with Crippen LogP contribution in [-0.4, -0.2) is 39.0 Å². The van der Waals surface area contributed by atoms with E-state index in [0.29, 0.717) is 25.4 Å². The second-order valence-corrected chi connectivity index (χ2v) is 6.39. The molecule has 1 aliphatic rings. The van der Waals surface area contributed by atoms with Crippen molar-refractivity contribution in [3.63, 3.8) is 0 Å². The molecule has 4 rings (SSSR count). The Balaban J connectivity index is 1.61. The quantitative estimate of drug-likeness (QED) is 0.776. The van der Waals surface area contributed by atoms with Gasteiger partial charge in [-0.2, -0.15) is 0 Å². The van der Waals surface area contributed by atoms with Gasteiger partial charge in [-0.3, -0.25) is 14.8 Å². The summed E-state index contributed by atoms with van der Waals surface area (Å²) in [5.74, 6) is 0.498. The maximum Gasteiger partial charge on any atom is 0.229 e. The van der Waals surface area contributed by atoms with Crippen molar-refractivity contribution in [3.05, 3.63) is 72.3 Å². The number of nitrogens with zero attached hydrogens (tertiary/aromatic N) is 3. The third-order valence-electron chi connectivity index (χ3n) is 4.52. The molecule has 0 spiro atoms. The van der Waals surface area contributed by atoms with Crippen LogP contribution in [0.25, 0.3) is 11.1 Å². The van der Waals surface area contributed by atoms with Gasteiger partial charge in [0.15, 0.2) is 11.5 Å². The number of rotatable bonds is 3. The Morgan fingerprint density at radius 2 is 2.07 bits per heavy atom. The molecule has 0 radical (unpaired) electrons. The van der Waals surface area contributed by atoms with Crippen LogP contribution in [0.2, 0.25) is 0 Å². The fraction of sp³-hybridized carbons (Fsp3) is 0.190. The molecule has 1 amide bonds. The summed E-state index contributed by atoms with van der Waals surface area (Å²) in [6.45, 7) is 1.17. The lowest BCUT2D eigenvalue weighted by Crippen LogP contribution is -2.33. The molecule has 2 aromatic heterocycles. The van der Waals surface area contributed by atoms with Crippen LogP contribution in [0, 0.1) is 0 Å². The Hall–Kier alpha value is -3.41. The number of fused-ring (bicyclic) bond motifs is 1. The summed E-state index contributed by atoms with van der Waals surface area (Å²) in [6.07, 6.45) is 5.36. The molecule has 0 unspecified atom stereocenters. The highest BCUT2D eigenvalue weighted by molar-refractivity contribution is 5.79. The van der Waals surface area contributed by atoms with Gasteiger partial charge in [0.2, 0.25) is 5.91 Å². The number of ether oxygens (including phenoxy) is 1. The van der Waals surface area contributed by atoms with Crippen molar-refractivity contribution in [2.45, 2.75) is 13.0 Å². The highest BCUT2D eigenvalue weighted by Gasteiger charge is 2.23. The van der Waals surface area contributed by atoms with E-state index in [9.17, 15) is 9.90 Å². The topological polar surface area (TPSA) is 75.6 Å². The molecular weight excluding hydrogens is 342 g/mol. The SMILES string of the molecule is O=C(Cc1ccccn1)N1CCOc2c(O)cc(-c3cccnc3)cc2C1. The number of hydrogen-bond acceptors (Lipinski definition) is 5. The first-order valence-electron chi connectivity index (χ1n) is 8.77. The molecule has 6 heteroatoms.